The molecule has 0 aliphatic carbocycles. The van der Waals surface area contributed by atoms with Crippen LogP contribution in [0, 0.1) is 0 Å². The summed E-state index contributed by atoms with van der Waals surface area (Å²) in [4.78, 5) is 2.65. The largest absolute Gasteiger partial charge is 0.315 e. The first kappa shape index (κ1) is 13.0. The van der Waals surface area contributed by atoms with Crippen LogP contribution < -0.4 is 5.32 Å². The lowest BCUT2D eigenvalue weighted by Gasteiger charge is -2.21. The van der Waals surface area contributed by atoms with Gasteiger partial charge in [-0.05, 0) is 59.2 Å². The van der Waals surface area contributed by atoms with Crippen molar-refractivity contribution in [2.45, 2.75) is 65.0 Å². The monoisotopic (exact) mass is 212 g/mol. The Kier molecular flexibility index (Phi) is 6.26. The van der Waals surface area contributed by atoms with Crippen LogP contribution in [0.2, 0.25) is 0 Å². The SMILES string of the molecule is CCNC(C)CCCCN1CCCC1C. The van der Waals surface area contributed by atoms with Gasteiger partial charge in [0.05, 0.1) is 0 Å². The molecule has 0 aromatic heterocycles. The summed E-state index contributed by atoms with van der Waals surface area (Å²) in [5, 5.41) is 3.47. The first-order chi connectivity index (χ1) is 7.24. The van der Waals surface area contributed by atoms with E-state index >= 15 is 0 Å². The van der Waals surface area contributed by atoms with Crippen LogP contribution >= 0.6 is 0 Å². The van der Waals surface area contributed by atoms with Gasteiger partial charge in [-0.15, -0.1) is 0 Å². The van der Waals surface area contributed by atoms with Gasteiger partial charge in [-0.1, -0.05) is 13.3 Å². The molecule has 0 radical (unpaired) electrons. The molecule has 0 bridgehead atoms. The molecule has 2 atom stereocenters. The Morgan fingerprint density at radius 1 is 1.40 bits per heavy atom. The van der Waals surface area contributed by atoms with Gasteiger partial charge < -0.3 is 10.2 Å². The lowest BCUT2D eigenvalue weighted by atomic mass is 10.1. The fourth-order valence-electron chi connectivity index (χ4n) is 2.54. The molecule has 0 aromatic rings. The molecule has 1 fully saturated rings. The molecular formula is C13H28N2. The van der Waals surface area contributed by atoms with Gasteiger partial charge in [0.15, 0.2) is 0 Å². The van der Waals surface area contributed by atoms with Crippen LogP contribution in [-0.2, 0) is 0 Å². The molecule has 0 saturated carbocycles. The highest BCUT2D eigenvalue weighted by atomic mass is 15.2. The van der Waals surface area contributed by atoms with Gasteiger partial charge in [-0.2, -0.15) is 0 Å². The quantitative estimate of drug-likeness (QED) is 0.653. The predicted molar refractivity (Wildman–Crippen MR) is 67.3 cm³/mol. The molecular weight excluding hydrogens is 184 g/mol. The van der Waals surface area contributed by atoms with E-state index in [1.807, 2.05) is 0 Å². The Bertz CT molecular complexity index is 159. The standard InChI is InChI=1S/C13H28N2/c1-4-14-12(2)8-5-6-10-15-11-7-9-13(15)3/h12-14H,4-11H2,1-3H3. The van der Waals surface area contributed by atoms with E-state index in [0.29, 0.717) is 6.04 Å². The lowest BCUT2D eigenvalue weighted by molar-refractivity contribution is 0.261. The van der Waals surface area contributed by atoms with Crippen molar-refractivity contribution < 1.29 is 0 Å². The summed E-state index contributed by atoms with van der Waals surface area (Å²) in [6.45, 7) is 10.6. The molecule has 0 spiro atoms. The lowest BCUT2D eigenvalue weighted by Crippen LogP contribution is -2.28. The highest BCUT2D eigenvalue weighted by molar-refractivity contribution is 4.74. The molecule has 0 aromatic carbocycles. The Labute approximate surface area is 95.4 Å². The summed E-state index contributed by atoms with van der Waals surface area (Å²) in [7, 11) is 0. The summed E-state index contributed by atoms with van der Waals surface area (Å²) in [6, 6.07) is 1.54. The molecule has 2 nitrogen and oxygen atoms in total. The molecule has 0 amide bonds. The van der Waals surface area contributed by atoms with E-state index in [1.54, 1.807) is 0 Å². The number of nitrogens with zero attached hydrogens (tertiary/aromatic N) is 1. The zero-order valence-electron chi connectivity index (χ0n) is 10.8. The maximum atomic E-state index is 3.47. The first-order valence-electron chi connectivity index (χ1n) is 6.71. The number of likely N-dealkylation sites (tertiary alicyclic amines) is 1. The van der Waals surface area contributed by atoms with Crippen LogP contribution in [0.25, 0.3) is 0 Å². The maximum Gasteiger partial charge on any atom is 0.00674 e. The third-order valence-corrected chi connectivity index (χ3v) is 3.58. The minimum atomic E-state index is 0.700. The van der Waals surface area contributed by atoms with Crippen molar-refractivity contribution in [3.63, 3.8) is 0 Å². The minimum Gasteiger partial charge on any atom is -0.315 e. The second-order valence-electron chi connectivity index (χ2n) is 4.98. The Morgan fingerprint density at radius 3 is 2.80 bits per heavy atom. The van der Waals surface area contributed by atoms with E-state index in [2.05, 4.69) is 31.0 Å². The molecule has 1 aliphatic rings. The fourth-order valence-corrected chi connectivity index (χ4v) is 2.54. The highest BCUT2D eigenvalue weighted by Gasteiger charge is 2.18. The number of hydrogen-bond donors (Lipinski definition) is 1. The van der Waals surface area contributed by atoms with E-state index in [4.69, 9.17) is 0 Å². The van der Waals surface area contributed by atoms with Crippen molar-refractivity contribution >= 4 is 0 Å². The Morgan fingerprint density at radius 2 is 2.20 bits per heavy atom. The number of hydrogen-bond acceptors (Lipinski definition) is 2. The van der Waals surface area contributed by atoms with E-state index in [9.17, 15) is 0 Å². The highest BCUT2D eigenvalue weighted by Crippen LogP contribution is 2.17. The van der Waals surface area contributed by atoms with Crippen molar-refractivity contribution in [3.8, 4) is 0 Å². The van der Waals surface area contributed by atoms with Crippen molar-refractivity contribution in [1.82, 2.24) is 10.2 Å². The van der Waals surface area contributed by atoms with Crippen molar-refractivity contribution in [2.24, 2.45) is 0 Å². The van der Waals surface area contributed by atoms with E-state index in [-0.39, 0.29) is 0 Å². The van der Waals surface area contributed by atoms with Gasteiger partial charge in [0.2, 0.25) is 0 Å². The van der Waals surface area contributed by atoms with E-state index < -0.39 is 0 Å². The first-order valence-corrected chi connectivity index (χ1v) is 6.71. The normalized spacial score (nSPS) is 24.6. The summed E-state index contributed by atoms with van der Waals surface area (Å²) in [5.41, 5.74) is 0. The zero-order chi connectivity index (χ0) is 11.1. The molecule has 90 valence electrons. The average Bonchev–Trinajstić information content (AvgIpc) is 2.60. The third-order valence-electron chi connectivity index (χ3n) is 3.58. The van der Waals surface area contributed by atoms with Gasteiger partial charge >= 0.3 is 0 Å². The molecule has 2 unspecified atom stereocenters. The van der Waals surface area contributed by atoms with Crippen LogP contribution in [0.4, 0.5) is 0 Å². The average molecular weight is 212 g/mol. The van der Waals surface area contributed by atoms with Crippen LogP contribution in [-0.4, -0.2) is 36.6 Å². The van der Waals surface area contributed by atoms with Gasteiger partial charge in [-0.3, -0.25) is 0 Å². The third kappa shape index (κ3) is 4.98. The van der Waals surface area contributed by atoms with E-state index in [1.165, 1.54) is 45.2 Å². The number of nitrogens with one attached hydrogen (secondary N) is 1. The molecule has 1 rings (SSSR count). The Balaban J connectivity index is 1.96. The van der Waals surface area contributed by atoms with Gasteiger partial charge in [0.25, 0.3) is 0 Å². The smallest absolute Gasteiger partial charge is 0.00674 e. The zero-order valence-corrected chi connectivity index (χ0v) is 10.8. The van der Waals surface area contributed by atoms with Gasteiger partial charge in [0, 0.05) is 12.1 Å². The number of unbranched alkanes of at least 4 members (excludes halogenated alkanes) is 1. The van der Waals surface area contributed by atoms with Crippen molar-refractivity contribution in [3.05, 3.63) is 0 Å². The maximum absolute atomic E-state index is 3.47. The van der Waals surface area contributed by atoms with Crippen molar-refractivity contribution in [2.75, 3.05) is 19.6 Å². The molecule has 1 aliphatic heterocycles. The minimum absolute atomic E-state index is 0.700. The summed E-state index contributed by atoms with van der Waals surface area (Å²) >= 11 is 0. The van der Waals surface area contributed by atoms with Crippen LogP contribution in [0.3, 0.4) is 0 Å². The van der Waals surface area contributed by atoms with Crippen LogP contribution in [0.15, 0.2) is 0 Å². The number of rotatable bonds is 7. The molecule has 15 heavy (non-hydrogen) atoms. The predicted octanol–water partition coefficient (Wildman–Crippen LogP) is 2.64. The van der Waals surface area contributed by atoms with E-state index in [0.717, 1.165) is 12.6 Å². The molecule has 1 saturated heterocycles. The van der Waals surface area contributed by atoms with Crippen molar-refractivity contribution in [1.29, 1.82) is 0 Å². The second kappa shape index (κ2) is 7.24. The fraction of sp³-hybridized carbons (Fsp3) is 1.00. The van der Waals surface area contributed by atoms with Gasteiger partial charge in [-0.25, -0.2) is 0 Å². The topological polar surface area (TPSA) is 15.3 Å². The van der Waals surface area contributed by atoms with Crippen LogP contribution in [0.1, 0.15) is 52.9 Å². The molecule has 2 heteroatoms. The summed E-state index contributed by atoms with van der Waals surface area (Å²) in [5.74, 6) is 0. The molecule has 1 heterocycles. The summed E-state index contributed by atoms with van der Waals surface area (Å²) < 4.78 is 0. The summed E-state index contributed by atoms with van der Waals surface area (Å²) in [6.07, 6.45) is 6.90. The Hall–Kier alpha value is -0.0800. The van der Waals surface area contributed by atoms with Crippen LogP contribution in [0.5, 0.6) is 0 Å². The second-order valence-corrected chi connectivity index (χ2v) is 4.98. The van der Waals surface area contributed by atoms with Gasteiger partial charge in [0.1, 0.15) is 0 Å². The molecule has 1 N–H and O–H groups in total.